The van der Waals surface area contributed by atoms with Crippen LogP contribution < -0.4 is 11.4 Å². The van der Waals surface area contributed by atoms with Crippen LogP contribution in [0.2, 0.25) is 10.0 Å². The summed E-state index contributed by atoms with van der Waals surface area (Å²) in [6.45, 7) is 1.83. The molecule has 134 valence electrons. The molecule has 0 bridgehead atoms. The molecule has 0 amide bonds. The third kappa shape index (κ3) is 4.20. The fraction of sp³-hybridized carbons (Fsp3) is 0.111. The van der Waals surface area contributed by atoms with Gasteiger partial charge in [-0.3, -0.25) is 0 Å². The lowest BCUT2D eigenvalue weighted by molar-refractivity contribution is 0.559. The van der Waals surface area contributed by atoms with Crippen LogP contribution >= 0.6 is 35.0 Å². The molecule has 0 fully saturated rings. The largest absolute Gasteiger partial charge is 0.423 e. The summed E-state index contributed by atoms with van der Waals surface area (Å²) >= 11 is 13.1. The molecule has 8 heteroatoms. The predicted molar refractivity (Wildman–Crippen MR) is 106 cm³/mol. The molecule has 1 heterocycles. The Labute approximate surface area is 162 Å². The number of nitrogens with two attached hydrogens (primary N) is 1. The Hall–Kier alpha value is -2.02. The number of aliphatic imine (C=N–C) groups is 1. The molecule has 0 aliphatic heterocycles. The average molecular weight is 411 g/mol. The van der Waals surface area contributed by atoms with Crippen molar-refractivity contribution in [3.63, 3.8) is 0 Å². The molecular formula is C18H13Cl2FN2O2S. The minimum Gasteiger partial charge on any atom is -0.423 e. The van der Waals surface area contributed by atoms with E-state index in [0.29, 0.717) is 22.0 Å². The van der Waals surface area contributed by atoms with Gasteiger partial charge in [-0.25, -0.2) is 14.2 Å². The standard InChI is InChI=1S/C18H13Cl2FN2O2S/c1-9-4-16-12(7-13(9)19)10(5-17(24)25-16)8-26-18(22)23-11-2-3-15(21)14(20)6-11/h2-7H,8H2,1H3,(H2,22,23). The zero-order chi connectivity index (χ0) is 18.8. The summed E-state index contributed by atoms with van der Waals surface area (Å²) < 4.78 is 18.4. The van der Waals surface area contributed by atoms with Gasteiger partial charge in [0, 0.05) is 22.2 Å². The minimum atomic E-state index is -0.522. The van der Waals surface area contributed by atoms with Gasteiger partial charge in [-0.05, 0) is 48.4 Å². The van der Waals surface area contributed by atoms with Crippen LogP contribution in [0.4, 0.5) is 10.1 Å². The third-order valence-corrected chi connectivity index (χ3v) is 5.17. The van der Waals surface area contributed by atoms with Gasteiger partial charge in [-0.2, -0.15) is 0 Å². The molecule has 2 N–H and O–H groups in total. The van der Waals surface area contributed by atoms with Crippen molar-refractivity contribution in [1.82, 2.24) is 0 Å². The Balaban J connectivity index is 1.87. The van der Waals surface area contributed by atoms with Crippen LogP contribution in [0.1, 0.15) is 11.1 Å². The monoisotopic (exact) mass is 410 g/mol. The number of halogens is 3. The van der Waals surface area contributed by atoms with Gasteiger partial charge in [0.2, 0.25) is 0 Å². The van der Waals surface area contributed by atoms with Crippen LogP contribution in [0.5, 0.6) is 0 Å². The van der Waals surface area contributed by atoms with E-state index in [1.54, 1.807) is 12.1 Å². The van der Waals surface area contributed by atoms with Gasteiger partial charge in [0.1, 0.15) is 11.4 Å². The highest BCUT2D eigenvalue weighted by Gasteiger charge is 2.10. The minimum absolute atomic E-state index is 0.0271. The highest BCUT2D eigenvalue weighted by molar-refractivity contribution is 8.13. The maximum absolute atomic E-state index is 13.2. The van der Waals surface area contributed by atoms with Crippen LogP contribution in [0.25, 0.3) is 11.0 Å². The van der Waals surface area contributed by atoms with E-state index >= 15 is 0 Å². The fourth-order valence-electron chi connectivity index (χ4n) is 2.33. The first-order chi connectivity index (χ1) is 12.3. The van der Waals surface area contributed by atoms with Gasteiger partial charge >= 0.3 is 5.63 Å². The van der Waals surface area contributed by atoms with Crippen molar-refractivity contribution in [3.05, 3.63) is 73.8 Å². The molecule has 3 aromatic rings. The van der Waals surface area contributed by atoms with Gasteiger partial charge in [-0.1, -0.05) is 35.0 Å². The number of thioether (sulfide) groups is 1. The lowest BCUT2D eigenvalue weighted by Crippen LogP contribution is -2.07. The summed E-state index contributed by atoms with van der Waals surface area (Å²) in [7, 11) is 0. The summed E-state index contributed by atoms with van der Waals surface area (Å²) in [6.07, 6.45) is 0. The number of aryl methyl sites for hydroxylation is 1. The molecule has 0 unspecified atom stereocenters. The molecule has 0 saturated carbocycles. The second kappa shape index (κ2) is 7.70. The first kappa shape index (κ1) is 18.8. The predicted octanol–water partition coefficient (Wildman–Crippen LogP) is 5.43. The van der Waals surface area contributed by atoms with E-state index in [4.69, 9.17) is 33.4 Å². The highest BCUT2D eigenvalue weighted by Crippen LogP contribution is 2.28. The maximum atomic E-state index is 13.2. The molecule has 26 heavy (non-hydrogen) atoms. The zero-order valence-corrected chi connectivity index (χ0v) is 15.9. The molecule has 4 nitrogen and oxygen atoms in total. The normalized spacial score (nSPS) is 11.9. The Morgan fingerprint density at radius 2 is 2.00 bits per heavy atom. The summed E-state index contributed by atoms with van der Waals surface area (Å²) in [5.74, 6) is -0.127. The number of benzene rings is 2. The van der Waals surface area contributed by atoms with Gasteiger partial charge in [0.25, 0.3) is 0 Å². The SMILES string of the molecule is Cc1cc2oc(=O)cc(CSC(N)=Nc3ccc(F)c(Cl)c3)c2cc1Cl. The maximum Gasteiger partial charge on any atom is 0.336 e. The summed E-state index contributed by atoms with van der Waals surface area (Å²) in [5.41, 5.74) is 7.94. The summed E-state index contributed by atoms with van der Waals surface area (Å²) in [5, 5.41) is 1.55. The number of nitrogens with zero attached hydrogens (tertiary/aromatic N) is 1. The van der Waals surface area contributed by atoms with E-state index in [2.05, 4.69) is 4.99 Å². The average Bonchev–Trinajstić information content (AvgIpc) is 2.57. The zero-order valence-electron chi connectivity index (χ0n) is 13.6. The van der Waals surface area contributed by atoms with Crippen LogP contribution in [0, 0.1) is 12.7 Å². The Kier molecular flexibility index (Phi) is 5.55. The second-order valence-corrected chi connectivity index (χ2v) is 7.34. The summed E-state index contributed by atoms with van der Waals surface area (Å²) in [6, 6.07) is 8.98. The van der Waals surface area contributed by atoms with E-state index in [0.717, 1.165) is 16.5 Å². The molecule has 0 saturated heterocycles. The van der Waals surface area contributed by atoms with E-state index < -0.39 is 11.4 Å². The number of hydrogen-bond acceptors (Lipinski definition) is 4. The Morgan fingerprint density at radius 1 is 1.23 bits per heavy atom. The Morgan fingerprint density at radius 3 is 2.73 bits per heavy atom. The van der Waals surface area contributed by atoms with Crippen molar-refractivity contribution < 1.29 is 8.81 Å². The van der Waals surface area contributed by atoms with E-state index in [9.17, 15) is 9.18 Å². The van der Waals surface area contributed by atoms with Crippen molar-refractivity contribution >= 4 is 56.8 Å². The summed E-state index contributed by atoms with van der Waals surface area (Å²) in [4.78, 5) is 16.0. The molecule has 2 aromatic carbocycles. The van der Waals surface area contributed by atoms with Crippen LogP contribution in [0.15, 0.2) is 50.6 Å². The molecule has 0 atom stereocenters. The quantitative estimate of drug-likeness (QED) is 0.355. The number of hydrogen-bond donors (Lipinski definition) is 1. The van der Waals surface area contributed by atoms with Gasteiger partial charge in [0.15, 0.2) is 5.17 Å². The van der Waals surface area contributed by atoms with Crippen LogP contribution in [-0.2, 0) is 5.75 Å². The van der Waals surface area contributed by atoms with Gasteiger partial charge < -0.3 is 10.2 Å². The number of rotatable bonds is 3. The molecule has 0 aliphatic carbocycles. The lowest BCUT2D eigenvalue weighted by Gasteiger charge is -2.07. The first-order valence-corrected chi connectivity index (χ1v) is 9.22. The number of amidine groups is 1. The number of fused-ring (bicyclic) bond motifs is 1. The molecule has 0 aliphatic rings. The van der Waals surface area contributed by atoms with E-state index in [1.165, 1.54) is 36.0 Å². The molecule has 3 rings (SSSR count). The van der Waals surface area contributed by atoms with Crippen molar-refractivity contribution in [2.75, 3.05) is 0 Å². The van der Waals surface area contributed by atoms with Crippen LogP contribution in [-0.4, -0.2) is 5.17 Å². The first-order valence-electron chi connectivity index (χ1n) is 7.48. The van der Waals surface area contributed by atoms with Crippen molar-refractivity contribution in [1.29, 1.82) is 0 Å². The topological polar surface area (TPSA) is 68.6 Å². The van der Waals surface area contributed by atoms with Crippen molar-refractivity contribution in [2.45, 2.75) is 12.7 Å². The Bertz CT molecular complexity index is 1080. The van der Waals surface area contributed by atoms with Crippen molar-refractivity contribution in [2.24, 2.45) is 10.7 Å². The van der Waals surface area contributed by atoms with E-state index in [1.807, 2.05) is 6.92 Å². The fourth-order valence-corrected chi connectivity index (χ4v) is 3.38. The van der Waals surface area contributed by atoms with Crippen molar-refractivity contribution in [3.8, 4) is 0 Å². The highest BCUT2D eigenvalue weighted by atomic mass is 35.5. The molecule has 0 spiro atoms. The van der Waals surface area contributed by atoms with E-state index in [-0.39, 0.29) is 10.2 Å². The third-order valence-electron chi connectivity index (χ3n) is 3.63. The van der Waals surface area contributed by atoms with Gasteiger partial charge in [0.05, 0.1) is 10.7 Å². The van der Waals surface area contributed by atoms with Gasteiger partial charge in [-0.15, -0.1) is 0 Å². The lowest BCUT2D eigenvalue weighted by atomic mass is 10.1. The molecule has 1 aromatic heterocycles. The molecular weight excluding hydrogens is 398 g/mol. The molecule has 0 radical (unpaired) electrons. The second-order valence-electron chi connectivity index (χ2n) is 5.53. The van der Waals surface area contributed by atoms with Crippen LogP contribution in [0.3, 0.4) is 0 Å². The smallest absolute Gasteiger partial charge is 0.336 e.